The minimum absolute atomic E-state index is 0.0174. The van der Waals surface area contributed by atoms with Crippen LogP contribution in [0.5, 0.6) is 0 Å². The van der Waals surface area contributed by atoms with Crippen molar-refractivity contribution >= 4 is 23.9 Å². The highest BCUT2D eigenvalue weighted by Crippen LogP contribution is 2.17. The Hall–Kier alpha value is -2.54. The predicted molar refractivity (Wildman–Crippen MR) is 64.7 cm³/mol. The van der Waals surface area contributed by atoms with E-state index in [0.717, 1.165) is 0 Å². The molecule has 0 rings (SSSR count). The third kappa shape index (κ3) is 11.1. The first-order chi connectivity index (χ1) is 11.8. The summed E-state index contributed by atoms with van der Waals surface area (Å²) in [6.45, 7) is -2.46. The fourth-order valence-corrected chi connectivity index (χ4v) is 1.14. The summed E-state index contributed by atoms with van der Waals surface area (Å²) in [6.07, 6.45) is -11.1. The maximum absolute atomic E-state index is 11.7. The number of rotatable bonds is 9. The van der Waals surface area contributed by atoms with Crippen molar-refractivity contribution in [3.05, 3.63) is 0 Å². The summed E-state index contributed by atoms with van der Waals surface area (Å²) in [7, 11) is 0. The van der Waals surface area contributed by atoms with Gasteiger partial charge in [0, 0.05) is 12.8 Å². The van der Waals surface area contributed by atoms with E-state index in [1.807, 2.05) is 0 Å². The second-order valence-electron chi connectivity index (χ2n) is 4.33. The first-order valence-corrected chi connectivity index (χ1v) is 6.63. The minimum atomic E-state index is -5.22. The normalized spacial score (nSPS) is 11.5. The van der Waals surface area contributed by atoms with Gasteiger partial charge >= 0.3 is 36.2 Å². The van der Waals surface area contributed by atoms with E-state index in [1.165, 1.54) is 0 Å². The molecular weight excluding hydrogens is 386 g/mol. The number of hydrogen-bond donors (Lipinski definition) is 0. The number of esters is 4. The average Bonchev–Trinajstić information content (AvgIpc) is 2.49. The van der Waals surface area contributed by atoms with E-state index in [9.17, 15) is 45.5 Å². The van der Waals surface area contributed by atoms with Crippen LogP contribution in [0.25, 0.3) is 0 Å². The third-order valence-electron chi connectivity index (χ3n) is 2.29. The lowest BCUT2D eigenvalue weighted by molar-refractivity contribution is -0.210. The molecule has 14 heteroatoms. The highest BCUT2D eigenvalue weighted by molar-refractivity contribution is 5.76. The monoisotopic (exact) mass is 398 g/mol. The van der Waals surface area contributed by atoms with E-state index in [1.54, 1.807) is 0 Å². The van der Waals surface area contributed by atoms with Crippen molar-refractivity contribution < 1.29 is 64.5 Å². The van der Waals surface area contributed by atoms with E-state index in [2.05, 4.69) is 18.9 Å². The second kappa shape index (κ2) is 10.5. The molecule has 0 unspecified atom stereocenters. The van der Waals surface area contributed by atoms with Gasteiger partial charge < -0.3 is 18.9 Å². The number of alkyl halides is 6. The van der Waals surface area contributed by atoms with Crippen molar-refractivity contribution in [1.29, 1.82) is 0 Å². The van der Waals surface area contributed by atoms with Gasteiger partial charge in [0.05, 0.1) is 0 Å². The molecule has 0 atom stereocenters. The SMILES string of the molecule is O=C(CCCCC(=O)OCOC(=O)C(F)(F)F)OCOC(=O)C(F)(F)F. The quantitative estimate of drug-likeness (QED) is 0.250. The lowest BCUT2D eigenvalue weighted by atomic mass is 10.2. The van der Waals surface area contributed by atoms with E-state index in [-0.39, 0.29) is 25.7 Å². The van der Waals surface area contributed by atoms with Gasteiger partial charge in [-0.1, -0.05) is 0 Å². The Morgan fingerprint density at radius 1 is 0.577 bits per heavy atom. The Morgan fingerprint density at radius 2 is 0.885 bits per heavy atom. The zero-order valence-corrected chi connectivity index (χ0v) is 12.8. The van der Waals surface area contributed by atoms with Gasteiger partial charge in [-0.2, -0.15) is 26.3 Å². The molecule has 0 amide bonds. The van der Waals surface area contributed by atoms with Crippen LogP contribution >= 0.6 is 0 Å². The van der Waals surface area contributed by atoms with Gasteiger partial charge in [0.25, 0.3) is 0 Å². The molecule has 0 fully saturated rings. The maximum atomic E-state index is 11.7. The summed E-state index contributed by atoms with van der Waals surface area (Å²) >= 11 is 0. The first kappa shape index (κ1) is 23.5. The Morgan fingerprint density at radius 3 is 1.15 bits per heavy atom. The number of halogens is 6. The van der Waals surface area contributed by atoms with E-state index in [0.29, 0.717) is 0 Å². The fraction of sp³-hybridized carbons (Fsp3) is 0.667. The van der Waals surface area contributed by atoms with Crippen molar-refractivity contribution in [2.24, 2.45) is 0 Å². The van der Waals surface area contributed by atoms with E-state index >= 15 is 0 Å². The van der Waals surface area contributed by atoms with Crippen LogP contribution in [0.3, 0.4) is 0 Å². The second-order valence-corrected chi connectivity index (χ2v) is 4.33. The highest BCUT2D eigenvalue weighted by atomic mass is 19.4. The van der Waals surface area contributed by atoms with E-state index < -0.39 is 49.8 Å². The van der Waals surface area contributed by atoms with Crippen LogP contribution < -0.4 is 0 Å². The summed E-state index contributed by atoms with van der Waals surface area (Å²) in [5, 5.41) is 0. The summed E-state index contributed by atoms with van der Waals surface area (Å²) in [5.41, 5.74) is 0. The van der Waals surface area contributed by atoms with Crippen LogP contribution in [0.1, 0.15) is 25.7 Å². The highest BCUT2D eigenvalue weighted by Gasteiger charge is 2.41. The molecule has 0 bridgehead atoms. The number of ether oxygens (including phenoxy) is 4. The molecule has 0 aliphatic carbocycles. The molecule has 0 spiro atoms. The topological polar surface area (TPSA) is 105 Å². The van der Waals surface area contributed by atoms with Gasteiger partial charge in [-0.3, -0.25) is 9.59 Å². The predicted octanol–water partition coefficient (Wildman–Crippen LogP) is 1.76. The zero-order chi connectivity index (χ0) is 20.4. The molecule has 0 aromatic heterocycles. The minimum Gasteiger partial charge on any atom is -0.428 e. The van der Waals surface area contributed by atoms with Crippen molar-refractivity contribution in [3.8, 4) is 0 Å². The van der Waals surface area contributed by atoms with Crippen molar-refractivity contribution in [2.45, 2.75) is 38.0 Å². The molecule has 8 nitrogen and oxygen atoms in total. The number of carbonyl (C=O) groups is 4. The molecule has 0 saturated heterocycles. The van der Waals surface area contributed by atoms with Crippen LogP contribution in [-0.4, -0.2) is 49.8 Å². The molecule has 0 saturated carbocycles. The zero-order valence-electron chi connectivity index (χ0n) is 12.8. The van der Waals surface area contributed by atoms with Crippen molar-refractivity contribution in [3.63, 3.8) is 0 Å². The largest absolute Gasteiger partial charge is 0.491 e. The summed E-state index contributed by atoms with van der Waals surface area (Å²) in [6, 6.07) is 0. The number of carbonyl (C=O) groups excluding carboxylic acids is 4. The fourth-order valence-electron chi connectivity index (χ4n) is 1.14. The third-order valence-corrected chi connectivity index (χ3v) is 2.29. The average molecular weight is 398 g/mol. The molecule has 0 N–H and O–H groups in total. The summed E-state index contributed by atoms with van der Waals surface area (Å²) < 4.78 is 86.0. The molecule has 26 heavy (non-hydrogen) atoms. The Bertz CT molecular complexity index is 467. The Labute approximate surface area is 141 Å². The van der Waals surface area contributed by atoms with Crippen LogP contribution in [0, 0.1) is 0 Å². The Kier molecular flexibility index (Phi) is 9.43. The lowest BCUT2D eigenvalue weighted by Gasteiger charge is -2.08. The molecule has 0 aromatic carbocycles. The van der Waals surface area contributed by atoms with Gasteiger partial charge in [-0.15, -0.1) is 0 Å². The molecule has 150 valence electrons. The smallest absolute Gasteiger partial charge is 0.428 e. The molecular formula is C12H12F6O8. The van der Waals surface area contributed by atoms with Crippen LogP contribution in [0.2, 0.25) is 0 Å². The van der Waals surface area contributed by atoms with Crippen molar-refractivity contribution in [2.75, 3.05) is 13.6 Å². The summed E-state index contributed by atoms with van der Waals surface area (Å²) in [5.74, 6) is -7.07. The number of unbranched alkanes of at least 4 members (excludes halogenated alkanes) is 1. The lowest BCUT2D eigenvalue weighted by Crippen LogP contribution is -2.27. The molecule has 0 radical (unpaired) electrons. The van der Waals surface area contributed by atoms with Gasteiger partial charge in [-0.25, -0.2) is 9.59 Å². The molecule has 0 aliphatic heterocycles. The number of hydrogen-bond acceptors (Lipinski definition) is 8. The summed E-state index contributed by atoms with van der Waals surface area (Å²) in [4.78, 5) is 42.7. The van der Waals surface area contributed by atoms with Gasteiger partial charge in [-0.05, 0) is 12.8 Å². The Balaban J connectivity index is 3.73. The van der Waals surface area contributed by atoms with Crippen LogP contribution in [0.4, 0.5) is 26.3 Å². The van der Waals surface area contributed by atoms with E-state index in [4.69, 9.17) is 0 Å². The van der Waals surface area contributed by atoms with Crippen molar-refractivity contribution in [1.82, 2.24) is 0 Å². The first-order valence-electron chi connectivity index (χ1n) is 6.63. The van der Waals surface area contributed by atoms with Gasteiger partial charge in [0.15, 0.2) is 0 Å². The molecule has 0 aromatic rings. The molecule has 0 heterocycles. The van der Waals surface area contributed by atoms with Crippen LogP contribution in [0.15, 0.2) is 0 Å². The maximum Gasteiger partial charge on any atom is 0.491 e. The van der Waals surface area contributed by atoms with Gasteiger partial charge in [0.2, 0.25) is 13.6 Å². The van der Waals surface area contributed by atoms with Crippen LogP contribution in [-0.2, 0) is 38.1 Å². The standard InChI is InChI=1S/C12H12F6O8/c13-11(14,15)9(21)25-5-23-7(19)3-1-2-4-8(20)24-6-26-10(22)12(16,17)18/h1-6H2. The van der Waals surface area contributed by atoms with Gasteiger partial charge in [0.1, 0.15) is 0 Å². The molecule has 0 aliphatic rings.